The van der Waals surface area contributed by atoms with Gasteiger partial charge in [0.15, 0.2) is 0 Å². The molecule has 0 bridgehead atoms. The van der Waals surface area contributed by atoms with E-state index in [1.807, 2.05) is 6.08 Å². The molecule has 0 aromatic rings. The fourth-order valence-electron chi connectivity index (χ4n) is 3.37. The molecule has 1 saturated carbocycles. The summed E-state index contributed by atoms with van der Waals surface area (Å²) < 4.78 is 0. The van der Waals surface area contributed by atoms with Gasteiger partial charge in [0.1, 0.15) is 5.60 Å². The van der Waals surface area contributed by atoms with E-state index in [4.69, 9.17) is 6.42 Å². The molecule has 1 fully saturated rings. The fourth-order valence-corrected chi connectivity index (χ4v) is 3.37. The highest BCUT2D eigenvalue weighted by molar-refractivity contribution is 5.34. The van der Waals surface area contributed by atoms with Gasteiger partial charge in [-0.05, 0) is 49.0 Å². The summed E-state index contributed by atoms with van der Waals surface area (Å²) >= 11 is 0. The molecule has 0 saturated heterocycles. The Balaban J connectivity index is 2.40. The molecular weight excluding hydrogens is 196 g/mol. The molecule has 0 radical (unpaired) electrons. The van der Waals surface area contributed by atoms with Crippen molar-refractivity contribution in [1.82, 2.24) is 0 Å². The van der Waals surface area contributed by atoms with E-state index < -0.39 is 5.60 Å². The second-order valence-corrected chi connectivity index (χ2v) is 6.12. The number of terminal acetylenes is 1. The first-order valence-corrected chi connectivity index (χ1v) is 6.34. The summed E-state index contributed by atoms with van der Waals surface area (Å²) in [6, 6.07) is 0. The van der Waals surface area contributed by atoms with Crippen LogP contribution < -0.4 is 0 Å². The van der Waals surface area contributed by atoms with Gasteiger partial charge >= 0.3 is 0 Å². The van der Waals surface area contributed by atoms with Crippen molar-refractivity contribution in [2.24, 2.45) is 17.3 Å². The van der Waals surface area contributed by atoms with Gasteiger partial charge in [-0.3, -0.25) is 0 Å². The van der Waals surface area contributed by atoms with E-state index in [1.54, 1.807) is 0 Å². The van der Waals surface area contributed by atoms with Crippen LogP contribution in [0.5, 0.6) is 0 Å². The van der Waals surface area contributed by atoms with E-state index in [1.165, 1.54) is 18.4 Å². The largest absolute Gasteiger partial charge is 0.374 e. The van der Waals surface area contributed by atoms with Crippen molar-refractivity contribution < 1.29 is 5.11 Å². The summed E-state index contributed by atoms with van der Waals surface area (Å²) in [4.78, 5) is 0. The zero-order valence-corrected chi connectivity index (χ0v) is 10.6. The summed E-state index contributed by atoms with van der Waals surface area (Å²) in [7, 11) is 0. The molecule has 2 aliphatic rings. The second-order valence-electron chi connectivity index (χ2n) is 6.12. The zero-order chi connectivity index (χ0) is 12.0. The Labute approximate surface area is 98.9 Å². The first-order valence-electron chi connectivity index (χ1n) is 6.34. The summed E-state index contributed by atoms with van der Waals surface area (Å²) in [6.07, 6.45) is 11.7. The molecule has 0 amide bonds. The minimum absolute atomic E-state index is 0.304. The molecule has 1 unspecified atom stereocenters. The Hall–Kier alpha value is -0.740. The Bertz CT molecular complexity index is 360. The van der Waals surface area contributed by atoms with Gasteiger partial charge in [-0.2, -0.15) is 0 Å². The van der Waals surface area contributed by atoms with Gasteiger partial charge in [-0.1, -0.05) is 32.3 Å². The third-order valence-electron chi connectivity index (χ3n) is 4.61. The molecule has 88 valence electrons. The van der Waals surface area contributed by atoms with E-state index in [2.05, 4.69) is 26.7 Å². The van der Waals surface area contributed by atoms with Crippen LogP contribution in [0.1, 0.15) is 46.5 Å². The maximum absolute atomic E-state index is 10.2. The lowest BCUT2D eigenvalue weighted by molar-refractivity contribution is 0.109. The van der Waals surface area contributed by atoms with Gasteiger partial charge in [0.25, 0.3) is 0 Å². The average Bonchev–Trinajstić information content (AvgIpc) is 2.56. The van der Waals surface area contributed by atoms with Crippen LogP contribution in [0.4, 0.5) is 0 Å². The van der Waals surface area contributed by atoms with Crippen molar-refractivity contribution in [2.45, 2.75) is 52.1 Å². The molecule has 0 aromatic heterocycles. The van der Waals surface area contributed by atoms with Gasteiger partial charge in [0.05, 0.1) is 0 Å². The average molecular weight is 218 g/mol. The molecule has 0 spiro atoms. The van der Waals surface area contributed by atoms with Gasteiger partial charge in [-0.25, -0.2) is 0 Å². The maximum atomic E-state index is 10.2. The molecule has 2 aliphatic carbocycles. The highest BCUT2D eigenvalue weighted by Gasteiger charge is 2.46. The number of hydrogen-bond donors (Lipinski definition) is 1. The van der Waals surface area contributed by atoms with Gasteiger partial charge in [0.2, 0.25) is 0 Å². The number of rotatable bonds is 1. The number of allylic oxidation sites excluding steroid dienone is 1. The highest BCUT2D eigenvalue weighted by Crippen LogP contribution is 2.55. The molecule has 1 nitrogen and oxygen atoms in total. The first kappa shape index (κ1) is 11.7. The second kappa shape index (κ2) is 3.64. The van der Waals surface area contributed by atoms with Gasteiger partial charge in [0, 0.05) is 0 Å². The van der Waals surface area contributed by atoms with Crippen LogP contribution in [0.15, 0.2) is 11.6 Å². The van der Waals surface area contributed by atoms with E-state index in [0.717, 1.165) is 6.42 Å². The summed E-state index contributed by atoms with van der Waals surface area (Å²) in [5, 5.41) is 10.2. The van der Waals surface area contributed by atoms with Crippen LogP contribution in [0.25, 0.3) is 0 Å². The number of aliphatic hydroxyl groups is 1. The van der Waals surface area contributed by atoms with Crippen molar-refractivity contribution in [2.75, 3.05) is 0 Å². The van der Waals surface area contributed by atoms with Crippen LogP contribution in [-0.4, -0.2) is 10.7 Å². The van der Waals surface area contributed by atoms with Crippen molar-refractivity contribution >= 4 is 0 Å². The van der Waals surface area contributed by atoms with E-state index >= 15 is 0 Å². The monoisotopic (exact) mass is 218 g/mol. The molecule has 1 heteroatoms. The van der Waals surface area contributed by atoms with Crippen molar-refractivity contribution in [3.63, 3.8) is 0 Å². The molecule has 1 N–H and O–H groups in total. The number of fused-ring (bicyclic) bond motifs is 1. The Morgan fingerprint density at radius 2 is 2.12 bits per heavy atom. The van der Waals surface area contributed by atoms with Crippen molar-refractivity contribution in [1.29, 1.82) is 0 Å². The van der Waals surface area contributed by atoms with Crippen LogP contribution in [0, 0.1) is 29.6 Å². The summed E-state index contributed by atoms with van der Waals surface area (Å²) in [5.41, 5.74) is 0.749. The fraction of sp³-hybridized carbons (Fsp3) is 0.733. The van der Waals surface area contributed by atoms with Gasteiger partial charge < -0.3 is 5.11 Å². The summed E-state index contributed by atoms with van der Waals surface area (Å²) in [6.45, 7) is 6.86. The zero-order valence-electron chi connectivity index (χ0n) is 10.6. The minimum Gasteiger partial charge on any atom is -0.374 e. The predicted molar refractivity (Wildman–Crippen MR) is 66.8 cm³/mol. The van der Waals surface area contributed by atoms with Crippen LogP contribution in [-0.2, 0) is 0 Å². The third kappa shape index (κ3) is 1.70. The minimum atomic E-state index is -0.980. The Kier molecular flexibility index (Phi) is 2.67. The lowest BCUT2D eigenvalue weighted by atomic mass is 9.69. The lowest BCUT2D eigenvalue weighted by Crippen LogP contribution is -2.34. The molecular formula is C15H22O. The maximum Gasteiger partial charge on any atom is 0.144 e. The van der Waals surface area contributed by atoms with Crippen LogP contribution in [0.3, 0.4) is 0 Å². The summed E-state index contributed by atoms with van der Waals surface area (Å²) in [5.74, 6) is 3.81. The molecule has 0 aromatic carbocycles. The Morgan fingerprint density at radius 1 is 1.44 bits per heavy atom. The normalized spacial score (nSPS) is 42.8. The first-order chi connectivity index (χ1) is 7.40. The highest BCUT2D eigenvalue weighted by atomic mass is 16.3. The van der Waals surface area contributed by atoms with Gasteiger partial charge in [-0.15, -0.1) is 6.42 Å². The van der Waals surface area contributed by atoms with Crippen molar-refractivity contribution in [3.05, 3.63) is 11.6 Å². The quantitative estimate of drug-likeness (QED) is 0.529. The molecule has 0 aliphatic heterocycles. The van der Waals surface area contributed by atoms with Crippen molar-refractivity contribution in [3.8, 4) is 12.3 Å². The SMILES string of the molecule is C#CC1(O)C=C2[C@@H](C(C)C)CC[C@]2(C)CC1. The third-order valence-corrected chi connectivity index (χ3v) is 4.61. The van der Waals surface area contributed by atoms with Crippen LogP contribution >= 0.6 is 0 Å². The molecule has 3 atom stereocenters. The van der Waals surface area contributed by atoms with E-state index in [-0.39, 0.29) is 0 Å². The topological polar surface area (TPSA) is 20.2 Å². The predicted octanol–water partition coefficient (Wildman–Crippen LogP) is 3.14. The Morgan fingerprint density at radius 3 is 2.69 bits per heavy atom. The molecule has 0 heterocycles. The molecule has 2 rings (SSSR count). The lowest BCUT2D eigenvalue weighted by Gasteiger charge is -2.38. The standard InChI is InChI=1S/C15H22O/c1-5-15(16)9-8-14(4)7-6-12(11(2)3)13(14)10-15/h1,10-12,16H,6-9H2,2-4H3/t12-,14-,15?/m1/s1. The van der Waals surface area contributed by atoms with E-state index in [0.29, 0.717) is 23.7 Å². The number of hydrogen-bond acceptors (Lipinski definition) is 1. The smallest absolute Gasteiger partial charge is 0.144 e. The van der Waals surface area contributed by atoms with Crippen LogP contribution in [0.2, 0.25) is 0 Å². The molecule has 16 heavy (non-hydrogen) atoms. The van der Waals surface area contributed by atoms with E-state index in [9.17, 15) is 5.11 Å².